The van der Waals surface area contributed by atoms with Gasteiger partial charge in [-0.05, 0) is 49.2 Å². The van der Waals surface area contributed by atoms with Gasteiger partial charge < -0.3 is 10.7 Å². The standard InChI is InChI=1S/C19H17ClFN5OS/c1-10-14(20)4-3-5-15(10)22-18(27)17-16(12-6-8-13(21)9-7-12)25-26-11(2)23-24-19(26)28-17/h3-9,16-17,25H,1-2H3,(H,22,27)/t16-,17-/m0/s1. The topological polar surface area (TPSA) is 71.8 Å². The Kier molecular flexibility index (Phi) is 4.99. The van der Waals surface area contributed by atoms with Gasteiger partial charge in [-0.2, -0.15) is 0 Å². The second kappa shape index (κ2) is 7.44. The number of halogens is 2. The van der Waals surface area contributed by atoms with Crippen LogP contribution in [0, 0.1) is 19.7 Å². The molecule has 144 valence electrons. The summed E-state index contributed by atoms with van der Waals surface area (Å²) in [6, 6.07) is 11.1. The quantitative estimate of drug-likeness (QED) is 0.671. The van der Waals surface area contributed by atoms with Gasteiger partial charge in [-0.3, -0.25) is 4.79 Å². The van der Waals surface area contributed by atoms with Gasteiger partial charge in [0, 0.05) is 10.7 Å². The van der Waals surface area contributed by atoms with Crippen molar-refractivity contribution < 1.29 is 9.18 Å². The van der Waals surface area contributed by atoms with Gasteiger partial charge in [-0.1, -0.05) is 41.6 Å². The van der Waals surface area contributed by atoms with Gasteiger partial charge in [-0.25, -0.2) is 9.07 Å². The maximum Gasteiger partial charge on any atom is 0.240 e. The predicted molar refractivity (Wildman–Crippen MR) is 108 cm³/mol. The summed E-state index contributed by atoms with van der Waals surface area (Å²) in [5, 5.41) is 11.8. The molecule has 1 aliphatic rings. The molecule has 2 N–H and O–H groups in total. The second-order valence-electron chi connectivity index (χ2n) is 6.46. The molecule has 0 bridgehead atoms. The molecule has 6 nitrogen and oxygen atoms in total. The summed E-state index contributed by atoms with van der Waals surface area (Å²) in [4.78, 5) is 13.2. The van der Waals surface area contributed by atoms with Crippen LogP contribution in [0.4, 0.5) is 10.1 Å². The van der Waals surface area contributed by atoms with E-state index in [0.717, 1.165) is 11.1 Å². The highest BCUT2D eigenvalue weighted by Gasteiger charge is 2.37. The number of aryl methyl sites for hydroxylation is 1. The number of nitrogens with one attached hydrogen (secondary N) is 2. The zero-order valence-corrected chi connectivity index (χ0v) is 16.7. The van der Waals surface area contributed by atoms with Crippen LogP contribution >= 0.6 is 23.4 Å². The molecule has 3 aromatic rings. The number of anilines is 1. The molecule has 9 heteroatoms. The summed E-state index contributed by atoms with van der Waals surface area (Å²) < 4.78 is 15.1. The summed E-state index contributed by atoms with van der Waals surface area (Å²) >= 11 is 7.48. The number of rotatable bonds is 3. The fraction of sp³-hybridized carbons (Fsp3) is 0.211. The van der Waals surface area contributed by atoms with Crippen molar-refractivity contribution in [3.63, 3.8) is 0 Å². The number of fused-ring (bicyclic) bond motifs is 1. The smallest absolute Gasteiger partial charge is 0.240 e. The molecule has 0 unspecified atom stereocenters. The van der Waals surface area contributed by atoms with Crippen molar-refractivity contribution in [2.24, 2.45) is 0 Å². The third kappa shape index (κ3) is 3.45. The van der Waals surface area contributed by atoms with Crippen molar-refractivity contribution in [2.75, 3.05) is 10.7 Å². The first-order valence-electron chi connectivity index (χ1n) is 8.60. The molecule has 1 amide bonds. The first kappa shape index (κ1) is 18.8. The maximum absolute atomic E-state index is 13.4. The number of thioether (sulfide) groups is 1. The van der Waals surface area contributed by atoms with Gasteiger partial charge in [0.25, 0.3) is 0 Å². The van der Waals surface area contributed by atoms with Crippen LogP contribution in [-0.4, -0.2) is 26.0 Å². The Balaban J connectivity index is 1.68. The van der Waals surface area contributed by atoms with Crippen LogP contribution in [0.5, 0.6) is 0 Å². The Labute approximate surface area is 170 Å². The fourth-order valence-electron chi connectivity index (χ4n) is 3.03. The molecule has 2 atom stereocenters. The number of carbonyl (C=O) groups is 1. The minimum absolute atomic E-state index is 0.205. The van der Waals surface area contributed by atoms with Gasteiger partial charge in [0.1, 0.15) is 16.9 Å². The Morgan fingerprint density at radius 1 is 1.21 bits per heavy atom. The third-order valence-corrected chi connectivity index (χ3v) is 6.24. The van der Waals surface area contributed by atoms with Crippen LogP contribution in [0.1, 0.15) is 23.0 Å². The number of hydrogen-bond donors (Lipinski definition) is 2. The molecular weight excluding hydrogens is 401 g/mol. The van der Waals surface area contributed by atoms with Gasteiger partial charge >= 0.3 is 0 Å². The molecule has 4 rings (SSSR count). The highest BCUT2D eigenvalue weighted by Crippen LogP contribution is 2.37. The maximum atomic E-state index is 13.4. The molecule has 0 radical (unpaired) electrons. The molecule has 0 saturated carbocycles. The van der Waals surface area contributed by atoms with Crippen molar-refractivity contribution in [2.45, 2.75) is 30.3 Å². The first-order valence-corrected chi connectivity index (χ1v) is 9.86. The van der Waals surface area contributed by atoms with Crippen molar-refractivity contribution >= 4 is 35.0 Å². The highest BCUT2D eigenvalue weighted by atomic mass is 35.5. The number of amides is 1. The number of hydrogen-bond acceptors (Lipinski definition) is 5. The lowest BCUT2D eigenvalue weighted by Crippen LogP contribution is -2.41. The van der Waals surface area contributed by atoms with Crippen LogP contribution in [-0.2, 0) is 4.79 Å². The fourth-order valence-corrected chi connectivity index (χ4v) is 4.33. The van der Waals surface area contributed by atoms with Crippen LogP contribution < -0.4 is 10.7 Å². The molecule has 2 aromatic carbocycles. The van der Waals surface area contributed by atoms with E-state index in [-0.39, 0.29) is 11.7 Å². The lowest BCUT2D eigenvalue weighted by atomic mass is 10.0. The summed E-state index contributed by atoms with van der Waals surface area (Å²) in [6.45, 7) is 3.67. The summed E-state index contributed by atoms with van der Waals surface area (Å²) in [5.41, 5.74) is 5.52. The summed E-state index contributed by atoms with van der Waals surface area (Å²) in [7, 11) is 0. The average molecular weight is 418 g/mol. The van der Waals surface area contributed by atoms with Crippen LogP contribution in [0.2, 0.25) is 5.02 Å². The van der Waals surface area contributed by atoms with Gasteiger partial charge in [0.05, 0.1) is 6.04 Å². The molecular formula is C19H17ClFN5OS. The van der Waals surface area contributed by atoms with E-state index in [9.17, 15) is 9.18 Å². The molecule has 0 spiro atoms. The van der Waals surface area contributed by atoms with Gasteiger partial charge in [-0.15, -0.1) is 10.2 Å². The molecule has 1 aliphatic heterocycles. The van der Waals surface area contributed by atoms with E-state index in [1.165, 1.54) is 23.9 Å². The lowest BCUT2D eigenvalue weighted by Gasteiger charge is -2.32. The van der Waals surface area contributed by atoms with Crippen LogP contribution in [0.3, 0.4) is 0 Å². The lowest BCUT2D eigenvalue weighted by molar-refractivity contribution is -0.116. The van der Waals surface area contributed by atoms with Gasteiger partial charge in [0.2, 0.25) is 11.1 Å². The normalized spacial score (nSPS) is 18.3. The van der Waals surface area contributed by atoms with E-state index in [1.807, 2.05) is 13.8 Å². The van der Waals surface area contributed by atoms with Crippen molar-refractivity contribution in [3.8, 4) is 0 Å². The number of benzene rings is 2. The molecule has 0 fully saturated rings. The van der Waals surface area contributed by atoms with Crippen LogP contribution in [0.25, 0.3) is 0 Å². The Morgan fingerprint density at radius 2 is 1.96 bits per heavy atom. The zero-order chi connectivity index (χ0) is 19.8. The molecule has 1 aromatic heterocycles. The Morgan fingerprint density at radius 3 is 2.71 bits per heavy atom. The van der Waals surface area contributed by atoms with Crippen LogP contribution in [0.15, 0.2) is 47.6 Å². The van der Waals surface area contributed by atoms with E-state index in [4.69, 9.17) is 11.6 Å². The SMILES string of the molecule is Cc1c(Cl)cccc1NC(=O)[C@H]1Sc2nnc(C)n2N[C@H]1c1ccc(F)cc1. The minimum Gasteiger partial charge on any atom is -0.325 e. The number of carbonyl (C=O) groups excluding carboxylic acids is 1. The Bertz CT molecular complexity index is 1040. The third-order valence-electron chi connectivity index (χ3n) is 4.61. The van der Waals surface area contributed by atoms with E-state index in [2.05, 4.69) is 20.9 Å². The van der Waals surface area contributed by atoms with E-state index in [0.29, 0.717) is 21.7 Å². The van der Waals surface area contributed by atoms with Crippen molar-refractivity contribution in [3.05, 3.63) is 70.3 Å². The van der Waals surface area contributed by atoms with E-state index in [1.54, 1.807) is 35.0 Å². The first-order chi connectivity index (χ1) is 13.4. The summed E-state index contributed by atoms with van der Waals surface area (Å²) in [5.74, 6) is 0.146. The summed E-state index contributed by atoms with van der Waals surface area (Å²) in [6.07, 6.45) is 0. The molecule has 0 saturated heterocycles. The van der Waals surface area contributed by atoms with Crippen molar-refractivity contribution in [1.82, 2.24) is 14.9 Å². The predicted octanol–water partition coefficient (Wildman–Crippen LogP) is 4.09. The monoisotopic (exact) mass is 417 g/mol. The van der Waals surface area contributed by atoms with Crippen molar-refractivity contribution in [1.29, 1.82) is 0 Å². The minimum atomic E-state index is -0.542. The molecule has 0 aliphatic carbocycles. The highest BCUT2D eigenvalue weighted by molar-refractivity contribution is 8.00. The molecule has 2 heterocycles. The van der Waals surface area contributed by atoms with E-state index < -0.39 is 11.3 Å². The van der Waals surface area contributed by atoms with E-state index >= 15 is 0 Å². The largest absolute Gasteiger partial charge is 0.325 e. The zero-order valence-electron chi connectivity index (χ0n) is 15.1. The average Bonchev–Trinajstić information content (AvgIpc) is 3.05. The second-order valence-corrected chi connectivity index (χ2v) is 7.98. The molecule has 28 heavy (non-hydrogen) atoms. The van der Waals surface area contributed by atoms with Gasteiger partial charge in [0.15, 0.2) is 0 Å². The number of aromatic nitrogens is 3. The Hall–Kier alpha value is -2.58. The number of nitrogens with zero attached hydrogens (tertiary/aromatic N) is 3.